The number of hydrogen-bond donors (Lipinski definition) is 0. The van der Waals surface area contributed by atoms with E-state index in [2.05, 4.69) is 40.9 Å². The number of benzene rings is 2. The Hall–Kier alpha value is -1.85. The van der Waals surface area contributed by atoms with Crippen LogP contribution < -0.4 is 4.80 Å². The van der Waals surface area contributed by atoms with Crippen LogP contribution in [0.1, 0.15) is 24.5 Å². The third kappa shape index (κ3) is 4.22. The summed E-state index contributed by atoms with van der Waals surface area (Å²) in [7, 11) is 0. The highest BCUT2D eigenvalue weighted by atomic mass is 32.2. The molecule has 0 bridgehead atoms. The summed E-state index contributed by atoms with van der Waals surface area (Å²) < 4.78 is 3.35. The maximum atomic E-state index is 12.4. The van der Waals surface area contributed by atoms with Gasteiger partial charge in [0.15, 0.2) is 4.80 Å². The van der Waals surface area contributed by atoms with Crippen molar-refractivity contribution < 1.29 is 4.79 Å². The van der Waals surface area contributed by atoms with Crippen LogP contribution in [0.15, 0.2) is 52.4 Å². The molecule has 3 nitrogen and oxygen atoms in total. The number of carbonyl (C=O) groups excluding carboxylic acids is 1. The number of fused-ring (bicyclic) bond motifs is 1. The zero-order valence-corrected chi connectivity index (χ0v) is 16.4. The van der Waals surface area contributed by atoms with Crippen LogP contribution in [0.5, 0.6) is 0 Å². The molecule has 3 rings (SSSR count). The molecular weight excluding hydrogens is 348 g/mol. The number of thiazole rings is 1. The molecule has 25 heavy (non-hydrogen) atoms. The van der Waals surface area contributed by atoms with Crippen LogP contribution in [0.2, 0.25) is 0 Å². The lowest BCUT2D eigenvalue weighted by Gasteiger charge is -2.03. The minimum absolute atomic E-state index is 0.0923. The highest BCUT2D eigenvalue weighted by Crippen LogP contribution is 2.24. The smallest absolute Gasteiger partial charge is 0.252 e. The number of hydrogen-bond acceptors (Lipinski definition) is 3. The van der Waals surface area contributed by atoms with Gasteiger partial charge in [0.25, 0.3) is 5.91 Å². The Morgan fingerprint density at radius 1 is 1.20 bits per heavy atom. The monoisotopic (exact) mass is 370 g/mol. The van der Waals surface area contributed by atoms with E-state index in [-0.39, 0.29) is 5.91 Å². The van der Waals surface area contributed by atoms with Gasteiger partial charge in [-0.25, -0.2) is 0 Å². The normalized spacial score (nSPS) is 12.0. The molecule has 2 aromatic carbocycles. The van der Waals surface area contributed by atoms with Gasteiger partial charge >= 0.3 is 0 Å². The molecule has 0 spiro atoms. The van der Waals surface area contributed by atoms with Crippen molar-refractivity contribution in [2.45, 2.75) is 38.1 Å². The summed E-state index contributed by atoms with van der Waals surface area (Å²) in [6.45, 7) is 5.06. The van der Waals surface area contributed by atoms with Crippen LogP contribution >= 0.6 is 23.1 Å². The van der Waals surface area contributed by atoms with Crippen LogP contribution in [-0.2, 0) is 17.8 Å². The fourth-order valence-electron chi connectivity index (χ4n) is 2.73. The third-order valence-electron chi connectivity index (χ3n) is 4.03. The number of aryl methyl sites for hydroxylation is 2. The van der Waals surface area contributed by atoms with Gasteiger partial charge in [0.2, 0.25) is 0 Å². The Labute approximate surface area is 156 Å². The minimum Gasteiger partial charge on any atom is -0.316 e. The predicted molar refractivity (Wildman–Crippen MR) is 107 cm³/mol. The Morgan fingerprint density at radius 3 is 2.64 bits per heavy atom. The van der Waals surface area contributed by atoms with Crippen molar-refractivity contribution in [1.29, 1.82) is 0 Å². The first-order valence-corrected chi connectivity index (χ1v) is 10.5. The second-order valence-corrected chi connectivity index (χ2v) is 7.93. The number of nitrogens with zero attached hydrogens (tertiary/aromatic N) is 2. The van der Waals surface area contributed by atoms with E-state index in [0.29, 0.717) is 6.42 Å². The second kappa shape index (κ2) is 8.02. The molecule has 130 valence electrons. The number of thioether (sulfide) groups is 1. The van der Waals surface area contributed by atoms with Crippen molar-refractivity contribution in [1.82, 2.24) is 4.57 Å². The fraction of sp³-hybridized carbons (Fsp3) is 0.300. The molecule has 0 atom stereocenters. The predicted octanol–water partition coefficient (Wildman–Crippen LogP) is 4.81. The zero-order chi connectivity index (χ0) is 17.8. The Balaban J connectivity index is 1.97. The number of rotatable bonds is 5. The molecule has 0 fully saturated rings. The Bertz CT molecular complexity index is 952. The van der Waals surface area contributed by atoms with Gasteiger partial charge in [-0.2, -0.15) is 4.99 Å². The molecule has 1 aromatic heterocycles. The van der Waals surface area contributed by atoms with E-state index < -0.39 is 0 Å². The highest BCUT2D eigenvalue weighted by Gasteiger charge is 2.09. The standard InChI is InChI=1S/C20H22N2OS2/c1-4-11-22-17-10-9-16(24-3)13-18(17)25-20(22)21-19(23)12-15-7-5-14(2)6-8-15/h5-10,13H,4,11-12H2,1-3H3. The minimum atomic E-state index is -0.0923. The first-order chi connectivity index (χ1) is 12.1. The van der Waals surface area contributed by atoms with E-state index in [9.17, 15) is 4.79 Å². The van der Waals surface area contributed by atoms with Crippen molar-refractivity contribution >= 4 is 39.2 Å². The summed E-state index contributed by atoms with van der Waals surface area (Å²) in [5, 5.41) is 0. The zero-order valence-electron chi connectivity index (χ0n) is 14.8. The average Bonchev–Trinajstić information content (AvgIpc) is 2.93. The summed E-state index contributed by atoms with van der Waals surface area (Å²) in [4.78, 5) is 18.9. The summed E-state index contributed by atoms with van der Waals surface area (Å²) >= 11 is 3.33. The lowest BCUT2D eigenvalue weighted by molar-refractivity contribution is -0.117. The fourth-order valence-corrected chi connectivity index (χ4v) is 4.36. The van der Waals surface area contributed by atoms with Gasteiger partial charge in [0.05, 0.1) is 16.6 Å². The van der Waals surface area contributed by atoms with E-state index in [1.165, 1.54) is 15.2 Å². The number of carbonyl (C=O) groups is 1. The summed E-state index contributed by atoms with van der Waals surface area (Å²) in [5.41, 5.74) is 3.36. The molecule has 3 aromatic rings. The molecule has 0 saturated carbocycles. The van der Waals surface area contributed by atoms with Crippen molar-refractivity contribution in [3.05, 3.63) is 58.4 Å². The summed E-state index contributed by atoms with van der Waals surface area (Å²) in [6.07, 6.45) is 3.43. The van der Waals surface area contributed by atoms with Crippen molar-refractivity contribution in [2.24, 2.45) is 4.99 Å². The van der Waals surface area contributed by atoms with E-state index in [1.54, 1.807) is 23.1 Å². The van der Waals surface area contributed by atoms with E-state index >= 15 is 0 Å². The summed E-state index contributed by atoms with van der Waals surface area (Å²) in [6, 6.07) is 14.5. The lowest BCUT2D eigenvalue weighted by Crippen LogP contribution is -2.17. The SMILES string of the molecule is CCCn1c(=NC(=O)Cc2ccc(C)cc2)sc2cc(SC)ccc21. The van der Waals surface area contributed by atoms with E-state index in [1.807, 2.05) is 31.2 Å². The maximum absolute atomic E-state index is 12.4. The molecule has 0 aliphatic heterocycles. The van der Waals surface area contributed by atoms with Crippen LogP contribution in [0.4, 0.5) is 0 Å². The van der Waals surface area contributed by atoms with Crippen molar-refractivity contribution in [2.75, 3.05) is 6.26 Å². The Kier molecular flexibility index (Phi) is 5.76. The number of amides is 1. The van der Waals surface area contributed by atoms with Crippen LogP contribution in [0, 0.1) is 6.92 Å². The first kappa shape index (κ1) is 18.0. The third-order valence-corrected chi connectivity index (χ3v) is 5.80. The van der Waals surface area contributed by atoms with Crippen molar-refractivity contribution in [3.63, 3.8) is 0 Å². The van der Waals surface area contributed by atoms with Gasteiger partial charge in [0.1, 0.15) is 0 Å². The maximum Gasteiger partial charge on any atom is 0.252 e. The molecule has 5 heteroatoms. The molecule has 0 radical (unpaired) electrons. The number of aromatic nitrogens is 1. The summed E-state index contributed by atoms with van der Waals surface area (Å²) in [5.74, 6) is -0.0923. The first-order valence-electron chi connectivity index (χ1n) is 8.41. The molecular formula is C20H22N2OS2. The van der Waals surface area contributed by atoms with E-state index in [0.717, 1.165) is 28.8 Å². The van der Waals surface area contributed by atoms with E-state index in [4.69, 9.17) is 0 Å². The molecule has 0 aliphatic rings. The highest BCUT2D eigenvalue weighted by molar-refractivity contribution is 7.98. The van der Waals surface area contributed by atoms with Gasteiger partial charge < -0.3 is 4.57 Å². The Morgan fingerprint density at radius 2 is 1.96 bits per heavy atom. The molecule has 1 amide bonds. The van der Waals surface area contributed by atoms with Gasteiger partial charge in [0, 0.05) is 11.4 Å². The van der Waals surface area contributed by atoms with Gasteiger partial charge in [-0.15, -0.1) is 11.8 Å². The molecule has 0 N–H and O–H groups in total. The molecule has 0 saturated heterocycles. The van der Waals surface area contributed by atoms with Crippen LogP contribution in [0.3, 0.4) is 0 Å². The molecule has 1 heterocycles. The van der Waals surface area contributed by atoms with Crippen LogP contribution in [-0.4, -0.2) is 16.7 Å². The van der Waals surface area contributed by atoms with Gasteiger partial charge in [-0.05, 0) is 43.4 Å². The second-order valence-electron chi connectivity index (χ2n) is 6.04. The topological polar surface area (TPSA) is 34.4 Å². The van der Waals surface area contributed by atoms with Gasteiger partial charge in [-0.1, -0.05) is 48.1 Å². The average molecular weight is 371 g/mol. The van der Waals surface area contributed by atoms with Crippen LogP contribution in [0.25, 0.3) is 10.2 Å². The lowest BCUT2D eigenvalue weighted by atomic mass is 10.1. The van der Waals surface area contributed by atoms with Gasteiger partial charge in [-0.3, -0.25) is 4.79 Å². The molecule has 0 unspecified atom stereocenters. The largest absolute Gasteiger partial charge is 0.316 e. The van der Waals surface area contributed by atoms with Crippen molar-refractivity contribution in [3.8, 4) is 0 Å². The molecule has 0 aliphatic carbocycles. The quantitative estimate of drug-likeness (QED) is 0.604.